The second-order valence-corrected chi connectivity index (χ2v) is 9.64. The molecule has 0 aliphatic carbocycles. The smallest absolute Gasteiger partial charge is 0.194 e. The molecule has 3 heteroatoms. The van der Waals surface area contributed by atoms with Crippen LogP contribution in [0.4, 0.5) is 0 Å². The van der Waals surface area contributed by atoms with Crippen molar-refractivity contribution < 1.29 is 14.2 Å². The first-order chi connectivity index (χ1) is 16.0. The summed E-state index contributed by atoms with van der Waals surface area (Å²) in [7, 11) is 3.52. The molecule has 0 saturated heterocycles. The maximum atomic E-state index is 6.64. The van der Waals surface area contributed by atoms with E-state index in [9.17, 15) is 0 Å². The van der Waals surface area contributed by atoms with Crippen LogP contribution in [-0.2, 0) is 14.2 Å². The Morgan fingerprint density at radius 2 is 1.03 bits per heavy atom. The standard InChI is InChI=1S/C26H54O3.C4H8/c1-7-10-12-14-16-17-19-21-24-29-26(22-9-3,25(4,27-5)28-6)23-20-18-15-13-11-8-2;1-3-4-2/h7-24H2,1-6H3;3H,1,4H2,2H3. The van der Waals surface area contributed by atoms with Crippen LogP contribution in [-0.4, -0.2) is 32.2 Å². The van der Waals surface area contributed by atoms with Crippen LogP contribution in [0.2, 0.25) is 0 Å². The molecule has 33 heavy (non-hydrogen) atoms. The lowest BCUT2D eigenvalue weighted by atomic mass is 9.83. The first-order valence-electron chi connectivity index (χ1n) is 14.3. The molecule has 3 nitrogen and oxygen atoms in total. The maximum Gasteiger partial charge on any atom is 0.194 e. The highest BCUT2D eigenvalue weighted by atomic mass is 16.7. The highest BCUT2D eigenvalue weighted by Crippen LogP contribution is 2.39. The van der Waals surface area contributed by atoms with Gasteiger partial charge in [0.15, 0.2) is 5.79 Å². The molecule has 0 bridgehead atoms. The van der Waals surface area contributed by atoms with Gasteiger partial charge in [0, 0.05) is 20.8 Å². The summed E-state index contributed by atoms with van der Waals surface area (Å²) in [5.74, 6) is -0.688. The van der Waals surface area contributed by atoms with E-state index in [0.717, 1.165) is 38.7 Å². The third kappa shape index (κ3) is 16.8. The van der Waals surface area contributed by atoms with Crippen molar-refractivity contribution in [3.63, 3.8) is 0 Å². The van der Waals surface area contributed by atoms with Crippen molar-refractivity contribution in [1.29, 1.82) is 0 Å². The summed E-state index contributed by atoms with van der Waals surface area (Å²) < 4.78 is 18.4. The van der Waals surface area contributed by atoms with Crippen molar-refractivity contribution in [3.05, 3.63) is 12.7 Å². The molecule has 1 unspecified atom stereocenters. The number of hydrogen-bond acceptors (Lipinski definition) is 3. The van der Waals surface area contributed by atoms with E-state index in [1.807, 2.05) is 6.08 Å². The Hall–Kier alpha value is -0.380. The van der Waals surface area contributed by atoms with E-state index in [1.165, 1.54) is 83.5 Å². The van der Waals surface area contributed by atoms with Gasteiger partial charge in [0.2, 0.25) is 0 Å². The Labute approximate surface area is 209 Å². The Bertz CT molecular complexity index is 392. The van der Waals surface area contributed by atoms with Crippen molar-refractivity contribution in [1.82, 2.24) is 0 Å². The Kier molecular flexibility index (Phi) is 26.1. The molecule has 0 spiro atoms. The van der Waals surface area contributed by atoms with E-state index in [0.29, 0.717) is 0 Å². The van der Waals surface area contributed by atoms with Gasteiger partial charge < -0.3 is 14.2 Å². The molecule has 200 valence electrons. The zero-order chi connectivity index (χ0) is 25.3. The fourth-order valence-corrected chi connectivity index (χ4v) is 4.41. The van der Waals surface area contributed by atoms with Gasteiger partial charge in [-0.1, -0.05) is 124 Å². The van der Waals surface area contributed by atoms with Crippen LogP contribution >= 0.6 is 0 Å². The molecule has 0 saturated carbocycles. The SMILES string of the molecule is C=CCC.CCCCCCCCCCOC(CCC)(CCCCCCCC)C(C)(OC)OC. The third-order valence-corrected chi connectivity index (χ3v) is 6.86. The number of hydrogen-bond donors (Lipinski definition) is 0. The molecule has 0 fully saturated rings. The van der Waals surface area contributed by atoms with Crippen molar-refractivity contribution in [2.45, 2.75) is 162 Å². The topological polar surface area (TPSA) is 27.7 Å². The van der Waals surface area contributed by atoms with Gasteiger partial charge in [-0.15, -0.1) is 6.58 Å². The minimum Gasteiger partial charge on any atom is -0.369 e. The van der Waals surface area contributed by atoms with Crippen LogP contribution < -0.4 is 0 Å². The van der Waals surface area contributed by atoms with E-state index in [2.05, 4.69) is 41.2 Å². The van der Waals surface area contributed by atoms with Gasteiger partial charge in [-0.05, 0) is 32.6 Å². The van der Waals surface area contributed by atoms with Gasteiger partial charge >= 0.3 is 0 Å². The Morgan fingerprint density at radius 1 is 0.606 bits per heavy atom. The molecule has 0 aromatic carbocycles. The second kappa shape index (κ2) is 24.7. The highest BCUT2D eigenvalue weighted by molar-refractivity contribution is 4.93. The van der Waals surface area contributed by atoms with Crippen molar-refractivity contribution >= 4 is 0 Å². The van der Waals surface area contributed by atoms with Crippen LogP contribution in [0.15, 0.2) is 12.7 Å². The molecule has 0 amide bonds. The first kappa shape index (κ1) is 34.8. The fraction of sp³-hybridized carbons (Fsp3) is 0.933. The Balaban J connectivity index is 0. The first-order valence-corrected chi connectivity index (χ1v) is 14.3. The van der Waals surface area contributed by atoms with Crippen LogP contribution in [0.1, 0.15) is 150 Å². The van der Waals surface area contributed by atoms with Gasteiger partial charge in [-0.2, -0.15) is 0 Å². The third-order valence-electron chi connectivity index (χ3n) is 6.86. The summed E-state index contributed by atoms with van der Waals surface area (Å²) >= 11 is 0. The van der Waals surface area contributed by atoms with Crippen LogP contribution in [0.3, 0.4) is 0 Å². The Morgan fingerprint density at radius 3 is 1.42 bits per heavy atom. The molecular weight excluding hydrogens is 408 g/mol. The fourth-order valence-electron chi connectivity index (χ4n) is 4.41. The lowest BCUT2D eigenvalue weighted by Crippen LogP contribution is -2.56. The molecule has 0 aromatic heterocycles. The van der Waals surface area contributed by atoms with Gasteiger partial charge in [0.25, 0.3) is 0 Å². The second-order valence-electron chi connectivity index (χ2n) is 9.64. The number of rotatable bonds is 23. The minimum atomic E-state index is -0.688. The van der Waals surface area contributed by atoms with E-state index < -0.39 is 5.79 Å². The van der Waals surface area contributed by atoms with E-state index >= 15 is 0 Å². The van der Waals surface area contributed by atoms with E-state index in [-0.39, 0.29) is 5.60 Å². The lowest BCUT2D eigenvalue weighted by Gasteiger charge is -2.46. The minimum absolute atomic E-state index is 0.350. The van der Waals surface area contributed by atoms with Crippen LogP contribution in [0.25, 0.3) is 0 Å². The lowest BCUT2D eigenvalue weighted by molar-refractivity contribution is -0.309. The van der Waals surface area contributed by atoms with Crippen molar-refractivity contribution in [2.75, 3.05) is 20.8 Å². The molecule has 0 aliphatic heterocycles. The molecule has 0 N–H and O–H groups in total. The van der Waals surface area contributed by atoms with Gasteiger partial charge in [0.1, 0.15) is 5.60 Å². The zero-order valence-electron chi connectivity index (χ0n) is 23.9. The maximum absolute atomic E-state index is 6.64. The molecule has 0 heterocycles. The van der Waals surface area contributed by atoms with Crippen LogP contribution in [0.5, 0.6) is 0 Å². The molecule has 0 aliphatic rings. The molecule has 0 rings (SSSR count). The molecule has 0 aromatic rings. The van der Waals surface area contributed by atoms with E-state index in [1.54, 1.807) is 14.2 Å². The predicted octanol–water partition coefficient (Wildman–Crippen LogP) is 10.0. The van der Waals surface area contributed by atoms with Gasteiger partial charge in [0.05, 0.1) is 0 Å². The molecule has 0 radical (unpaired) electrons. The zero-order valence-corrected chi connectivity index (χ0v) is 23.9. The monoisotopic (exact) mass is 470 g/mol. The van der Waals surface area contributed by atoms with Crippen molar-refractivity contribution in [3.8, 4) is 0 Å². The molecule has 1 atom stereocenters. The van der Waals surface area contributed by atoms with Gasteiger partial charge in [-0.3, -0.25) is 0 Å². The largest absolute Gasteiger partial charge is 0.369 e. The predicted molar refractivity (Wildman–Crippen MR) is 147 cm³/mol. The number of ether oxygens (including phenoxy) is 3. The average Bonchev–Trinajstić information content (AvgIpc) is 2.84. The summed E-state index contributed by atoms with van der Waals surface area (Å²) in [6.07, 6.45) is 24.4. The normalized spacial score (nSPS) is 13.3. The summed E-state index contributed by atoms with van der Waals surface area (Å²) in [6.45, 7) is 15.2. The number of unbranched alkanes of at least 4 members (excludes halogenated alkanes) is 12. The average molecular weight is 471 g/mol. The highest BCUT2D eigenvalue weighted by Gasteiger charge is 2.49. The number of methoxy groups -OCH3 is 2. The van der Waals surface area contributed by atoms with Crippen molar-refractivity contribution in [2.24, 2.45) is 0 Å². The van der Waals surface area contributed by atoms with E-state index in [4.69, 9.17) is 14.2 Å². The number of allylic oxidation sites excluding steroid dienone is 1. The quantitative estimate of drug-likeness (QED) is 0.0844. The summed E-state index contributed by atoms with van der Waals surface area (Å²) in [6, 6.07) is 0. The van der Waals surface area contributed by atoms with Gasteiger partial charge in [-0.25, -0.2) is 0 Å². The summed E-state index contributed by atoms with van der Waals surface area (Å²) in [5.41, 5.74) is -0.350. The van der Waals surface area contributed by atoms with Crippen LogP contribution in [0, 0.1) is 0 Å². The summed E-state index contributed by atoms with van der Waals surface area (Å²) in [4.78, 5) is 0. The molecular formula is C30H62O3. The summed E-state index contributed by atoms with van der Waals surface area (Å²) in [5, 5.41) is 0.